The molecular weight excluding hydrogens is 375 g/mol. The maximum atomic E-state index is 13.0. The van der Waals surface area contributed by atoms with Crippen LogP contribution in [0.15, 0.2) is 78.0 Å². The number of carbonyl (C=O) groups is 1. The largest absolute Gasteiger partial charge is 0.492 e. The molecule has 0 saturated heterocycles. The van der Waals surface area contributed by atoms with Crippen LogP contribution in [-0.4, -0.2) is 36.0 Å². The number of nitrogens with zero attached hydrogens (tertiary/aromatic N) is 2. The highest BCUT2D eigenvalue weighted by molar-refractivity contribution is 7.98. The van der Waals surface area contributed by atoms with Crippen LogP contribution in [0, 0.1) is 5.82 Å². The van der Waals surface area contributed by atoms with Crippen LogP contribution in [0.5, 0.6) is 5.75 Å². The van der Waals surface area contributed by atoms with Gasteiger partial charge in [0.1, 0.15) is 23.2 Å². The Balaban J connectivity index is 1.58. The van der Waals surface area contributed by atoms with Crippen LogP contribution in [0.4, 0.5) is 4.39 Å². The topological polar surface area (TPSA) is 42.4 Å². The molecule has 1 amide bonds. The van der Waals surface area contributed by atoms with Crippen molar-refractivity contribution in [1.29, 1.82) is 0 Å². The van der Waals surface area contributed by atoms with Crippen molar-refractivity contribution in [2.24, 2.45) is 0 Å². The third-order valence-corrected chi connectivity index (χ3v) is 5.15. The number of rotatable bonds is 8. The van der Waals surface area contributed by atoms with Crippen LogP contribution in [0.1, 0.15) is 15.9 Å². The lowest BCUT2D eigenvalue weighted by Gasteiger charge is -2.18. The number of carbonyl (C=O) groups excluding carboxylic acids is 1. The molecule has 0 atom stereocenters. The summed E-state index contributed by atoms with van der Waals surface area (Å²) in [6.07, 6.45) is 1.67. The number of likely N-dealkylation sites (N-methyl/N-ethyl adjacent to an activating group) is 1. The first-order valence-corrected chi connectivity index (χ1v) is 9.87. The van der Waals surface area contributed by atoms with Gasteiger partial charge in [-0.1, -0.05) is 30.3 Å². The third kappa shape index (κ3) is 5.57. The van der Waals surface area contributed by atoms with Crippen molar-refractivity contribution in [2.75, 3.05) is 20.2 Å². The molecule has 3 rings (SSSR count). The van der Waals surface area contributed by atoms with Gasteiger partial charge in [0.15, 0.2) is 0 Å². The lowest BCUT2D eigenvalue weighted by molar-refractivity contribution is 0.0769. The molecule has 0 aliphatic heterocycles. The van der Waals surface area contributed by atoms with Crippen LogP contribution >= 0.6 is 11.8 Å². The normalized spacial score (nSPS) is 10.5. The van der Waals surface area contributed by atoms with Gasteiger partial charge in [0, 0.05) is 19.0 Å². The van der Waals surface area contributed by atoms with Crippen molar-refractivity contribution in [3.63, 3.8) is 0 Å². The highest BCUT2D eigenvalue weighted by atomic mass is 32.2. The quantitative estimate of drug-likeness (QED) is 0.519. The smallest absolute Gasteiger partial charge is 0.256 e. The number of hydrogen-bond donors (Lipinski definition) is 0. The Kier molecular flexibility index (Phi) is 7.03. The van der Waals surface area contributed by atoms with Gasteiger partial charge >= 0.3 is 0 Å². The van der Waals surface area contributed by atoms with Crippen molar-refractivity contribution in [3.05, 3.63) is 89.9 Å². The van der Waals surface area contributed by atoms with Crippen molar-refractivity contribution < 1.29 is 13.9 Å². The molecule has 1 heterocycles. The highest BCUT2D eigenvalue weighted by Gasteiger charge is 2.17. The summed E-state index contributed by atoms with van der Waals surface area (Å²) in [5.41, 5.74) is 1.52. The van der Waals surface area contributed by atoms with Gasteiger partial charge in [-0.2, -0.15) is 0 Å². The second-order valence-electron chi connectivity index (χ2n) is 6.16. The van der Waals surface area contributed by atoms with Crippen molar-refractivity contribution in [1.82, 2.24) is 9.88 Å². The van der Waals surface area contributed by atoms with Crippen molar-refractivity contribution in [3.8, 4) is 5.75 Å². The molecule has 0 bridgehead atoms. The van der Waals surface area contributed by atoms with Crippen molar-refractivity contribution >= 4 is 17.7 Å². The van der Waals surface area contributed by atoms with Gasteiger partial charge in [-0.15, -0.1) is 11.8 Å². The van der Waals surface area contributed by atoms with E-state index in [2.05, 4.69) is 4.98 Å². The van der Waals surface area contributed by atoms with E-state index < -0.39 is 0 Å². The minimum absolute atomic E-state index is 0.105. The molecule has 4 nitrogen and oxygen atoms in total. The molecule has 0 saturated carbocycles. The standard InChI is InChI=1S/C22H21FN2O2S/c1-25(14-15-27-19-6-3-2-4-7-19)22(26)20-8-5-13-24-21(20)28-16-17-9-11-18(23)12-10-17/h2-13H,14-16H2,1H3. The lowest BCUT2D eigenvalue weighted by atomic mass is 10.2. The fourth-order valence-electron chi connectivity index (χ4n) is 2.53. The van der Waals surface area contributed by atoms with E-state index in [1.54, 1.807) is 42.4 Å². The van der Waals surface area contributed by atoms with Crippen LogP contribution < -0.4 is 4.74 Å². The summed E-state index contributed by atoms with van der Waals surface area (Å²) in [6.45, 7) is 0.870. The SMILES string of the molecule is CN(CCOc1ccccc1)C(=O)c1cccnc1SCc1ccc(F)cc1. The highest BCUT2D eigenvalue weighted by Crippen LogP contribution is 2.25. The van der Waals surface area contributed by atoms with Gasteiger partial charge in [0.25, 0.3) is 5.91 Å². The van der Waals surface area contributed by atoms with Crippen LogP contribution in [0.3, 0.4) is 0 Å². The van der Waals surface area contributed by atoms with Gasteiger partial charge in [-0.05, 0) is 42.0 Å². The Labute approximate surface area is 168 Å². The number of hydrogen-bond acceptors (Lipinski definition) is 4. The van der Waals surface area contributed by atoms with E-state index in [1.165, 1.54) is 23.9 Å². The predicted molar refractivity (Wildman–Crippen MR) is 109 cm³/mol. The second-order valence-corrected chi connectivity index (χ2v) is 7.12. The molecule has 0 spiro atoms. The average molecular weight is 396 g/mol. The van der Waals surface area contributed by atoms with Gasteiger partial charge < -0.3 is 9.64 Å². The number of aromatic nitrogens is 1. The minimum atomic E-state index is -0.262. The number of halogens is 1. The Hall–Kier alpha value is -2.86. The summed E-state index contributed by atoms with van der Waals surface area (Å²) in [5.74, 6) is 1.02. The summed E-state index contributed by atoms with van der Waals surface area (Å²) in [5, 5.41) is 0.660. The zero-order chi connectivity index (χ0) is 19.8. The maximum absolute atomic E-state index is 13.0. The van der Waals surface area contributed by atoms with Gasteiger partial charge in [0.2, 0.25) is 0 Å². The maximum Gasteiger partial charge on any atom is 0.256 e. The summed E-state index contributed by atoms with van der Waals surface area (Å²) >= 11 is 1.46. The number of ether oxygens (including phenoxy) is 1. The zero-order valence-electron chi connectivity index (χ0n) is 15.5. The molecule has 0 N–H and O–H groups in total. The first kappa shape index (κ1) is 19.9. The molecule has 144 valence electrons. The first-order valence-electron chi connectivity index (χ1n) is 8.89. The van der Waals surface area contributed by atoms with E-state index in [-0.39, 0.29) is 11.7 Å². The van der Waals surface area contributed by atoms with Crippen LogP contribution in [0.2, 0.25) is 0 Å². The summed E-state index contributed by atoms with van der Waals surface area (Å²) < 4.78 is 18.7. The van der Waals surface area contributed by atoms with Gasteiger partial charge in [-0.25, -0.2) is 9.37 Å². The van der Waals surface area contributed by atoms with Gasteiger partial charge in [-0.3, -0.25) is 4.79 Å². The Bertz CT molecular complexity index is 904. The molecule has 0 unspecified atom stereocenters. The first-order chi connectivity index (χ1) is 13.6. The molecule has 0 aliphatic rings. The van der Waals surface area contributed by atoms with Crippen molar-refractivity contribution in [2.45, 2.75) is 10.8 Å². The van der Waals surface area contributed by atoms with E-state index in [0.29, 0.717) is 29.5 Å². The number of thioether (sulfide) groups is 1. The monoisotopic (exact) mass is 396 g/mol. The molecule has 6 heteroatoms. The van der Waals surface area contributed by atoms with E-state index in [4.69, 9.17) is 4.74 Å². The zero-order valence-corrected chi connectivity index (χ0v) is 16.4. The molecule has 0 fully saturated rings. The lowest BCUT2D eigenvalue weighted by Crippen LogP contribution is -2.31. The Morgan fingerprint density at radius 1 is 1.07 bits per heavy atom. The molecular formula is C22H21FN2O2S. The third-order valence-electron chi connectivity index (χ3n) is 4.08. The molecule has 0 aliphatic carbocycles. The number of para-hydroxylation sites is 1. The summed E-state index contributed by atoms with van der Waals surface area (Å²) in [4.78, 5) is 18.8. The molecule has 2 aromatic carbocycles. The fraction of sp³-hybridized carbons (Fsp3) is 0.182. The average Bonchev–Trinajstić information content (AvgIpc) is 2.74. The molecule has 3 aromatic rings. The second kappa shape index (κ2) is 9.90. The minimum Gasteiger partial charge on any atom is -0.492 e. The van der Waals surface area contributed by atoms with Gasteiger partial charge in [0.05, 0.1) is 12.1 Å². The van der Waals surface area contributed by atoms with E-state index >= 15 is 0 Å². The van der Waals surface area contributed by atoms with Crippen LogP contribution in [-0.2, 0) is 5.75 Å². The van der Waals surface area contributed by atoms with E-state index in [0.717, 1.165) is 11.3 Å². The predicted octanol–water partition coefficient (Wildman–Crippen LogP) is 4.66. The fourth-order valence-corrected chi connectivity index (χ4v) is 3.47. The molecule has 28 heavy (non-hydrogen) atoms. The molecule has 1 aromatic heterocycles. The Morgan fingerprint density at radius 2 is 1.82 bits per heavy atom. The van der Waals surface area contributed by atoms with Crippen LogP contribution in [0.25, 0.3) is 0 Å². The van der Waals surface area contributed by atoms with E-state index in [9.17, 15) is 9.18 Å². The van der Waals surface area contributed by atoms with E-state index in [1.807, 2.05) is 30.3 Å². The number of benzene rings is 2. The molecule has 0 radical (unpaired) electrons. The Morgan fingerprint density at radius 3 is 2.57 bits per heavy atom. The summed E-state index contributed by atoms with van der Waals surface area (Å²) in [7, 11) is 1.75. The summed E-state index contributed by atoms with van der Waals surface area (Å²) in [6, 6.07) is 19.4. The number of pyridine rings is 1. The number of amides is 1.